The Morgan fingerprint density at radius 3 is 2.17 bits per heavy atom. The SMILES string of the molecule is CCCNC(=O)C1CCN(C(=O)C2CCN(C(=O)/C=C/c3ccccc3)CC2)CC1. The fourth-order valence-electron chi connectivity index (χ4n) is 4.20. The third-order valence-corrected chi connectivity index (χ3v) is 6.10. The molecule has 1 aromatic rings. The summed E-state index contributed by atoms with van der Waals surface area (Å²) in [5.41, 5.74) is 1.00. The van der Waals surface area contributed by atoms with Crippen LogP contribution in [0.5, 0.6) is 0 Å². The van der Waals surface area contributed by atoms with Crippen molar-refractivity contribution in [3.8, 4) is 0 Å². The maximum Gasteiger partial charge on any atom is 0.246 e. The first-order valence-corrected chi connectivity index (χ1v) is 11.2. The minimum atomic E-state index is -0.0161. The lowest BCUT2D eigenvalue weighted by molar-refractivity contribution is -0.141. The van der Waals surface area contributed by atoms with Crippen LogP contribution in [0.4, 0.5) is 0 Å². The quantitative estimate of drug-likeness (QED) is 0.732. The second-order valence-corrected chi connectivity index (χ2v) is 8.23. The first kappa shape index (κ1) is 22.1. The van der Waals surface area contributed by atoms with E-state index in [2.05, 4.69) is 5.32 Å². The van der Waals surface area contributed by atoms with Crippen LogP contribution >= 0.6 is 0 Å². The summed E-state index contributed by atoms with van der Waals surface area (Å²) in [7, 11) is 0. The molecule has 1 N–H and O–H groups in total. The fraction of sp³-hybridized carbons (Fsp3) is 0.542. The number of hydrogen-bond acceptors (Lipinski definition) is 3. The smallest absolute Gasteiger partial charge is 0.246 e. The van der Waals surface area contributed by atoms with Gasteiger partial charge >= 0.3 is 0 Å². The van der Waals surface area contributed by atoms with Gasteiger partial charge in [0.05, 0.1) is 0 Å². The van der Waals surface area contributed by atoms with Gasteiger partial charge in [0, 0.05) is 50.6 Å². The molecule has 0 radical (unpaired) electrons. The van der Waals surface area contributed by atoms with Crippen LogP contribution in [0.25, 0.3) is 6.08 Å². The van der Waals surface area contributed by atoms with Gasteiger partial charge in [0.25, 0.3) is 0 Å². The molecule has 2 aliphatic heterocycles. The molecule has 6 heteroatoms. The van der Waals surface area contributed by atoms with Crippen molar-refractivity contribution < 1.29 is 14.4 Å². The van der Waals surface area contributed by atoms with E-state index in [9.17, 15) is 14.4 Å². The minimum absolute atomic E-state index is 0.00339. The van der Waals surface area contributed by atoms with E-state index in [1.54, 1.807) is 6.08 Å². The van der Waals surface area contributed by atoms with Gasteiger partial charge in [0.15, 0.2) is 0 Å². The Labute approximate surface area is 179 Å². The molecule has 0 bridgehead atoms. The topological polar surface area (TPSA) is 69.7 Å². The van der Waals surface area contributed by atoms with Crippen LogP contribution in [0.1, 0.15) is 44.6 Å². The highest BCUT2D eigenvalue weighted by atomic mass is 16.2. The summed E-state index contributed by atoms with van der Waals surface area (Å²) in [6, 6.07) is 9.77. The van der Waals surface area contributed by atoms with Crippen LogP contribution in [-0.4, -0.2) is 60.2 Å². The van der Waals surface area contributed by atoms with E-state index in [0.29, 0.717) is 39.0 Å². The number of piperidine rings is 2. The van der Waals surface area contributed by atoms with Gasteiger partial charge in [-0.3, -0.25) is 14.4 Å². The van der Waals surface area contributed by atoms with Gasteiger partial charge < -0.3 is 15.1 Å². The molecular formula is C24H33N3O3. The molecule has 0 saturated carbocycles. The predicted octanol–water partition coefficient (Wildman–Crippen LogP) is 2.70. The molecule has 2 aliphatic rings. The molecule has 0 aliphatic carbocycles. The van der Waals surface area contributed by atoms with Crippen molar-refractivity contribution in [2.45, 2.75) is 39.0 Å². The first-order chi connectivity index (χ1) is 14.6. The minimum Gasteiger partial charge on any atom is -0.356 e. The van der Waals surface area contributed by atoms with E-state index in [-0.39, 0.29) is 29.6 Å². The van der Waals surface area contributed by atoms with Gasteiger partial charge in [-0.05, 0) is 43.7 Å². The molecule has 0 unspecified atom stereocenters. The van der Waals surface area contributed by atoms with Crippen LogP contribution in [0.2, 0.25) is 0 Å². The Kier molecular flexibility index (Phi) is 8.05. The van der Waals surface area contributed by atoms with Crippen molar-refractivity contribution in [1.29, 1.82) is 0 Å². The predicted molar refractivity (Wildman–Crippen MR) is 117 cm³/mol. The first-order valence-electron chi connectivity index (χ1n) is 11.2. The van der Waals surface area contributed by atoms with E-state index in [1.807, 2.05) is 53.1 Å². The maximum atomic E-state index is 12.9. The number of nitrogens with one attached hydrogen (secondary N) is 1. The lowest BCUT2D eigenvalue weighted by Gasteiger charge is -2.36. The standard InChI is InChI=1S/C24H33N3O3/c1-2-14-25-23(29)20-10-17-27(18-11-20)24(30)21-12-15-26(16-13-21)22(28)9-8-19-6-4-3-5-7-19/h3-9,20-21H,2,10-18H2,1H3,(H,25,29)/b9-8+. The van der Waals surface area contributed by atoms with E-state index in [1.165, 1.54) is 0 Å². The van der Waals surface area contributed by atoms with Crippen molar-refractivity contribution in [2.75, 3.05) is 32.7 Å². The van der Waals surface area contributed by atoms with Gasteiger partial charge in [0.1, 0.15) is 0 Å². The van der Waals surface area contributed by atoms with Crippen LogP contribution in [-0.2, 0) is 14.4 Å². The number of nitrogens with zero attached hydrogens (tertiary/aromatic N) is 2. The average molecular weight is 412 g/mol. The summed E-state index contributed by atoms with van der Waals surface area (Å²) in [6.07, 6.45) is 7.28. The Hall–Kier alpha value is -2.63. The molecule has 30 heavy (non-hydrogen) atoms. The lowest BCUT2D eigenvalue weighted by Crippen LogP contribution is -2.47. The van der Waals surface area contributed by atoms with Crippen LogP contribution < -0.4 is 5.32 Å². The number of benzene rings is 1. The van der Waals surface area contributed by atoms with E-state index < -0.39 is 0 Å². The summed E-state index contributed by atoms with van der Waals surface area (Å²) in [5.74, 6) is 0.325. The summed E-state index contributed by atoms with van der Waals surface area (Å²) >= 11 is 0. The number of rotatable bonds is 6. The monoisotopic (exact) mass is 411 g/mol. The maximum absolute atomic E-state index is 12.9. The summed E-state index contributed by atoms with van der Waals surface area (Å²) in [4.78, 5) is 41.2. The van der Waals surface area contributed by atoms with Gasteiger partial charge in [0.2, 0.25) is 17.7 Å². The number of amides is 3. The number of likely N-dealkylation sites (tertiary alicyclic amines) is 2. The normalized spacial score (nSPS) is 18.6. The molecule has 6 nitrogen and oxygen atoms in total. The number of carbonyl (C=O) groups excluding carboxylic acids is 3. The fourth-order valence-corrected chi connectivity index (χ4v) is 4.20. The summed E-state index contributed by atoms with van der Waals surface area (Å²) < 4.78 is 0. The Morgan fingerprint density at radius 2 is 1.53 bits per heavy atom. The molecule has 2 saturated heterocycles. The highest BCUT2D eigenvalue weighted by molar-refractivity contribution is 5.92. The zero-order valence-corrected chi connectivity index (χ0v) is 17.9. The largest absolute Gasteiger partial charge is 0.356 e. The van der Waals surface area contributed by atoms with E-state index in [0.717, 1.165) is 31.4 Å². The number of hydrogen-bond donors (Lipinski definition) is 1. The van der Waals surface area contributed by atoms with Crippen molar-refractivity contribution >= 4 is 23.8 Å². The third-order valence-electron chi connectivity index (χ3n) is 6.10. The second kappa shape index (κ2) is 11.0. The van der Waals surface area contributed by atoms with Crippen molar-refractivity contribution in [3.05, 3.63) is 42.0 Å². The third kappa shape index (κ3) is 5.94. The van der Waals surface area contributed by atoms with E-state index in [4.69, 9.17) is 0 Å². The van der Waals surface area contributed by atoms with Crippen molar-refractivity contribution in [2.24, 2.45) is 11.8 Å². The van der Waals surface area contributed by atoms with Crippen LogP contribution in [0.3, 0.4) is 0 Å². The molecule has 1 aromatic carbocycles. The molecule has 162 valence electrons. The lowest BCUT2D eigenvalue weighted by atomic mass is 9.91. The Bertz CT molecular complexity index is 746. The molecule has 2 fully saturated rings. The zero-order chi connectivity index (χ0) is 21.3. The molecule has 2 heterocycles. The zero-order valence-electron chi connectivity index (χ0n) is 17.9. The van der Waals surface area contributed by atoms with Crippen LogP contribution in [0.15, 0.2) is 36.4 Å². The summed E-state index contributed by atoms with van der Waals surface area (Å²) in [5, 5.41) is 2.96. The Morgan fingerprint density at radius 1 is 0.933 bits per heavy atom. The Balaban J connectivity index is 1.42. The molecule has 0 aromatic heterocycles. The summed E-state index contributed by atoms with van der Waals surface area (Å²) in [6.45, 7) is 5.30. The second-order valence-electron chi connectivity index (χ2n) is 8.23. The molecule has 0 spiro atoms. The van der Waals surface area contributed by atoms with Crippen LogP contribution in [0, 0.1) is 11.8 Å². The molecular weight excluding hydrogens is 378 g/mol. The van der Waals surface area contributed by atoms with Crippen molar-refractivity contribution in [3.63, 3.8) is 0 Å². The number of carbonyl (C=O) groups is 3. The van der Waals surface area contributed by atoms with Gasteiger partial charge in [-0.15, -0.1) is 0 Å². The van der Waals surface area contributed by atoms with E-state index >= 15 is 0 Å². The average Bonchev–Trinajstić information content (AvgIpc) is 2.81. The highest BCUT2D eigenvalue weighted by Gasteiger charge is 2.33. The van der Waals surface area contributed by atoms with Crippen molar-refractivity contribution in [1.82, 2.24) is 15.1 Å². The molecule has 3 amide bonds. The van der Waals surface area contributed by atoms with Gasteiger partial charge in [-0.1, -0.05) is 37.3 Å². The molecule has 0 atom stereocenters. The van der Waals surface area contributed by atoms with Gasteiger partial charge in [-0.25, -0.2) is 0 Å². The highest BCUT2D eigenvalue weighted by Crippen LogP contribution is 2.24. The van der Waals surface area contributed by atoms with Gasteiger partial charge in [-0.2, -0.15) is 0 Å². The molecule has 3 rings (SSSR count).